The Morgan fingerprint density at radius 1 is 1.26 bits per heavy atom. The van der Waals surface area contributed by atoms with Gasteiger partial charge in [-0.05, 0) is 50.2 Å². The summed E-state index contributed by atoms with van der Waals surface area (Å²) >= 11 is 0. The third-order valence-electron chi connectivity index (χ3n) is 2.88. The molecule has 0 spiro atoms. The highest BCUT2D eigenvalue weighted by atomic mass is 35.5. The molecule has 0 aliphatic rings. The SMILES string of the molecule is Cc1cc(OCC(O)CN(C)C)ccc1C(C)C.Cl. The number of aliphatic hydroxyl groups excluding tert-OH is 1. The molecule has 0 saturated carbocycles. The highest BCUT2D eigenvalue weighted by Gasteiger charge is 2.08. The van der Waals surface area contributed by atoms with Crippen molar-refractivity contribution in [3.8, 4) is 5.75 Å². The zero-order valence-corrected chi connectivity index (χ0v) is 13.3. The molecule has 110 valence electrons. The Hall–Kier alpha value is -0.770. The molecule has 0 fully saturated rings. The van der Waals surface area contributed by atoms with Crippen LogP contribution < -0.4 is 4.74 Å². The first-order valence-electron chi connectivity index (χ1n) is 6.46. The lowest BCUT2D eigenvalue weighted by atomic mass is 9.98. The van der Waals surface area contributed by atoms with Crippen molar-refractivity contribution in [1.82, 2.24) is 4.90 Å². The van der Waals surface area contributed by atoms with E-state index in [1.54, 1.807) is 0 Å². The molecule has 1 rings (SSSR count). The van der Waals surface area contributed by atoms with E-state index in [4.69, 9.17) is 4.74 Å². The molecule has 1 atom stereocenters. The van der Waals surface area contributed by atoms with E-state index in [0.29, 0.717) is 19.1 Å². The van der Waals surface area contributed by atoms with Gasteiger partial charge in [-0.3, -0.25) is 0 Å². The lowest BCUT2D eigenvalue weighted by Gasteiger charge is -2.17. The van der Waals surface area contributed by atoms with E-state index in [-0.39, 0.29) is 12.4 Å². The largest absolute Gasteiger partial charge is 0.491 e. The van der Waals surface area contributed by atoms with Crippen molar-refractivity contribution in [3.63, 3.8) is 0 Å². The van der Waals surface area contributed by atoms with Gasteiger partial charge < -0.3 is 14.7 Å². The van der Waals surface area contributed by atoms with Crippen LogP contribution in [0, 0.1) is 6.92 Å². The van der Waals surface area contributed by atoms with Crippen molar-refractivity contribution in [2.75, 3.05) is 27.2 Å². The minimum atomic E-state index is -0.454. The van der Waals surface area contributed by atoms with Gasteiger partial charge in [0, 0.05) is 6.54 Å². The first-order valence-corrected chi connectivity index (χ1v) is 6.46. The quantitative estimate of drug-likeness (QED) is 0.873. The Morgan fingerprint density at radius 2 is 1.89 bits per heavy atom. The van der Waals surface area contributed by atoms with Crippen molar-refractivity contribution >= 4 is 12.4 Å². The molecule has 0 saturated heterocycles. The summed E-state index contributed by atoms with van der Waals surface area (Å²) in [7, 11) is 3.87. The van der Waals surface area contributed by atoms with Gasteiger partial charge in [0.25, 0.3) is 0 Å². The van der Waals surface area contributed by atoms with Crippen LogP contribution in [0.2, 0.25) is 0 Å². The van der Waals surface area contributed by atoms with Gasteiger partial charge in [0.05, 0.1) is 0 Å². The summed E-state index contributed by atoms with van der Waals surface area (Å²) in [6.45, 7) is 7.41. The van der Waals surface area contributed by atoms with Gasteiger partial charge in [-0.15, -0.1) is 12.4 Å². The van der Waals surface area contributed by atoms with Crippen molar-refractivity contribution in [2.24, 2.45) is 0 Å². The molecule has 3 nitrogen and oxygen atoms in total. The van der Waals surface area contributed by atoms with E-state index in [2.05, 4.69) is 26.8 Å². The monoisotopic (exact) mass is 287 g/mol. The van der Waals surface area contributed by atoms with Crippen LogP contribution in [0.4, 0.5) is 0 Å². The molecular weight excluding hydrogens is 262 g/mol. The van der Waals surface area contributed by atoms with Gasteiger partial charge in [0.15, 0.2) is 0 Å². The number of aliphatic hydroxyl groups is 1. The van der Waals surface area contributed by atoms with Crippen LogP contribution in [0.25, 0.3) is 0 Å². The van der Waals surface area contributed by atoms with Crippen LogP contribution in [0.15, 0.2) is 18.2 Å². The Labute approximate surface area is 123 Å². The predicted octanol–water partition coefficient (Wildman–Crippen LogP) is 2.84. The lowest BCUT2D eigenvalue weighted by molar-refractivity contribution is 0.0831. The van der Waals surface area contributed by atoms with Gasteiger partial charge in [-0.2, -0.15) is 0 Å². The summed E-state index contributed by atoms with van der Waals surface area (Å²) in [6, 6.07) is 6.12. The van der Waals surface area contributed by atoms with Crippen molar-refractivity contribution in [1.29, 1.82) is 0 Å². The number of ether oxygens (including phenoxy) is 1. The molecule has 1 N–H and O–H groups in total. The van der Waals surface area contributed by atoms with Gasteiger partial charge in [-0.25, -0.2) is 0 Å². The van der Waals surface area contributed by atoms with Gasteiger partial charge in [0.1, 0.15) is 18.5 Å². The fraction of sp³-hybridized carbons (Fsp3) is 0.600. The highest BCUT2D eigenvalue weighted by Crippen LogP contribution is 2.23. The summed E-state index contributed by atoms with van der Waals surface area (Å²) < 4.78 is 5.61. The molecule has 19 heavy (non-hydrogen) atoms. The number of hydrogen-bond donors (Lipinski definition) is 1. The maximum atomic E-state index is 9.73. The molecule has 0 amide bonds. The molecule has 0 heterocycles. The second kappa shape index (κ2) is 8.41. The molecule has 4 heteroatoms. The number of benzene rings is 1. The Balaban J connectivity index is 0.00000324. The second-order valence-electron chi connectivity index (χ2n) is 5.40. The molecule has 1 aromatic rings. The van der Waals surface area contributed by atoms with E-state index in [1.165, 1.54) is 11.1 Å². The highest BCUT2D eigenvalue weighted by molar-refractivity contribution is 5.85. The number of aryl methyl sites for hydroxylation is 1. The number of likely N-dealkylation sites (N-methyl/N-ethyl adjacent to an activating group) is 1. The molecular formula is C15H26ClNO2. The number of rotatable bonds is 6. The fourth-order valence-electron chi connectivity index (χ4n) is 2.05. The summed E-state index contributed by atoms with van der Waals surface area (Å²) in [4.78, 5) is 1.95. The number of hydrogen-bond acceptors (Lipinski definition) is 3. The molecule has 1 unspecified atom stereocenters. The minimum Gasteiger partial charge on any atom is -0.491 e. The third kappa shape index (κ3) is 6.28. The molecule has 0 radical (unpaired) electrons. The molecule has 0 bridgehead atoms. The average molecular weight is 288 g/mol. The van der Waals surface area contributed by atoms with Crippen LogP contribution >= 0.6 is 12.4 Å². The zero-order chi connectivity index (χ0) is 13.7. The normalized spacial score (nSPS) is 12.4. The summed E-state index contributed by atoms with van der Waals surface area (Å²) in [6.07, 6.45) is -0.454. The number of halogens is 1. The molecule has 0 aliphatic carbocycles. The first-order chi connectivity index (χ1) is 8.40. The van der Waals surface area contributed by atoms with Crippen LogP contribution in [0.5, 0.6) is 5.75 Å². The van der Waals surface area contributed by atoms with Crippen LogP contribution in [-0.4, -0.2) is 43.4 Å². The van der Waals surface area contributed by atoms with Crippen molar-refractivity contribution in [2.45, 2.75) is 32.8 Å². The zero-order valence-electron chi connectivity index (χ0n) is 12.5. The lowest BCUT2D eigenvalue weighted by Crippen LogP contribution is -2.30. The van der Waals surface area contributed by atoms with Crippen LogP contribution in [-0.2, 0) is 0 Å². The summed E-state index contributed by atoms with van der Waals surface area (Å²) in [5.74, 6) is 1.35. The Kier molecular flexibility index (Phi) is 8.07. The average Bonchev–Trinajstić information content (AvgIpc) is 2.25. The summed E-state index contributed by atoms with van der Waals surface area (Å²) in [5.41, 5.74) is 2.58. The number of nitrogens with zero attached hydrogens (tertiary/aromatic N) is 1. The third-order valence-corrected chi connectivity index (χ3v) is 2.88. The van der Waals surface area contributed by atoms with Crippen LogP contribution in [0.3, 0.4) is 0 Å². The van der Waals surface area contributed by atoms with Crippen LogP contribution in [0.1, 0.15) is 30.9 Å². The van der Waals surface area contributed by atoms with Gasteiger partial charge in [-0.1, -0.05) is 19.9 Å². The molecule has 1 aromatic carbocycles. The topological polar surface area (TPSA) is 32.7 Å². The first kappa shape index (κ1) is 18.2. The van der Waals surface area contributed by atoms with Gasteiger partial charge >= 0.3 is 0 Å². The van der Waals surface area contributed by atoms with E-state index in [1.807, 2.05) is 31.1 Å². The van der Waals surface area contributed by atoms with Crippen molar-refractivity contribution in [3.05, 3.63) is 29.3 Å². The molecule has 0 aromatic heterocycles. The van der Waals surface area contributed by atoms with E-state index >= 15 is 0 Å². The minimum absolute atomic E-state index is 0. The Bertz CT molecular complexity index is 380. The fourth-order valence-corrected chi connectivity index (χ4v) is 2.05. The smallest absolute Gasteiger partial charge is 0.119 e. The van der Waals surface area contributed by atoms with Gasteiger partial charge in [0.2, 0.25) is 0 Å². The Morgan fingerprint density at radius 3 is 2.37 bits per heavy atom. The predicted molar refractivity (Wildman–Crippen MR) is 82.6 cm³/mol. The summed E-state index contributed by atoms with van der Waals surface area (Å²) in [5, 5.41) is 9.73. The molecule has 0 aliphatic heterocycles. The maximum Gasteiger partial charge on any atom is 0.119 e. The standard InChI is InChI=1S/C15H25NO2.ClH/c1-11(2)15-7-6-14(8-12(15)3)18-10-13(17)9-16(4)5;/h6-8,11,13,17H,9-10H2,1-5H3;1H. The van der Waals surface area contributed by atoms with Crippen molar-refractivity contribution < 1.29 is 9.84 Å². The van der Waals surface area contributed by atoms with E-state index in [0.717, 1.165) is 5.75 Å². The second-order valence-corrected chi connectivity index (χ2v) is 5.40. The maximum absolute atomic E-state index is 9.73. The van der Waals surface area contributed by atoms with E-state index in [9.17, 15) is 5.11 Å². The van der Waals surface area contributed by atoms with E-state index < -0.39 is 6.10 Å².